The van der Waals surface area contributed by atoms with Gasteiger partial charge in [-0.15, -0.1) is 0 Å². The van der Waals surface area contributed by atoms with Crippen LogP contribution in [0.5, 0.6) is 5.88 Å². The zero-order valence-corrected chi connectivity index (χ0v) is 8.45. The van der Waals surface area contributed by atoms with Crippen LogP contribution in [0.3, 0.4) is 0 Å². The maximum atomic E-state index is 8.61. The van der Waals surface area contributed by atoms with Crippen molar-refractivity contribution in [1.82, 2.24) is 9.97 Å². The van der Waals surface area contributed by atoms with E-state index in [0.29, 0.717) is 5.88 Å². The molecule has 0 unspecified atom stereocenters. The Morgan fingerprint density at radius 1 is 1.50 bits per heavy atom. The van der Waals surface area contributed by atoms with E-state index >= 15 is 0 Å². The first-order valence-corrected chi connectivity index (χ1v) is 4.58. The molecule has 0 fully saturated rings. The summed E-state index contributed by atoms with van der Waals surface area (Å²) in [6.45, 7) is 4.92. The third kappa shape index (κ3) is 2.56. The van der Waals surface area contributed by atoms with E-state index in [-0.39, 0.29) is 13.2 Å². The van der Waals surface area contributed by atoms with Crippen molar-refractivity contribution in [2.75, 3.05) is 25.1 Å². The molecule has 2 N–H and O–H groups in total. The second-order valence-corrected chi connectivity index (χ2v) is 2.75. The molecule has 1 aromatic heterocycles. The molecule has 78 valence electrons. The van der Waals surface area contributed by atoms with Gasteiger partial charge in [0.15, 0.2) is 0 Å². The number of aromatic nitrogens is 2. The van der Waals surface area contributed by atoms with Crippen LogP contribution < -0.4 is 10.1 Å². The number of hydrogen-bond acceptors (Lipinski definition) is 5. The predicted molar refractivity (Wildman–Crippen MR) is 53.5 cm³/mol. The summed E-state index contributed by atoms with van der Waals surface area (Å²) in [7, 11) is 0. The monoisotopic (exact) mass is 197 g/mol. The Morgan fingerprint density at radius 2 is 2.29 bits per heavy atom. The van der Waals surface area contributed by atoms with Gasteiger partial charge in [0.2, 0.25) is 5.88 Å². The molecule has 0 aliphatic heterocycles. The average Bonchev–Trinajstić information content (AvgIpc) is 2.20. The average molecular weight is 197 g/mol. The van der Waals surface area contributed by atoms with Crippen LogP contribution in [0.15, 0.2) is 6.33 Å². The minimum absolute atomic E-state index is 0.0139. The van der Waals surface area contributed by atoms with E-state index in [9.17, 15) is 0 Å². The SMILES string of the molecule is CCNc1ncnc(OCCO)c1C. The van der Waals surface area contributed by atoms with Gasteiger partial charge in [0.05, 0.1) is 12.2 Å². The summed E-state index contributed by atoms with van der Waals surface area (Å²) >= 11 is 0. The van der Waals surface area contributed by atoms with Gasteiger partial charge in [-0.3, -0.25) is 0 Å². The topological polar surface area (TPSA) is 67.3 Å². The molecule has 5 nitrogen and oxygen atoms in total. The molecular weight excluding hydrogens is 182 g/mol. The third-order valence-corrected chi connectivity index (χ3v) is 1.71. The van der Waals surface area contributed by atoms with E-state index in [2.05, 4.69) is 15.3 Å². The number of hydrogen-bond donors (Lipinski definition) is 2. The fourth-order valence-corrected chi connectivity index (χ4v) is 1.07. The van der Waals surface area contributed by atoms with E-state index in [1.807, 2.05) is 13.8 Å². The molecule has 0 aromatic carbocycles. The van der Waals surface area contributed by atoms with Gasteiger partial charge >= 0.3 is 0 Å². The molecule has 0 atom stereocenters. The highest BCUT2D eigenvalue weighted by Gasteiger charge is 2.06. The van der Waals surface area contributed by atoms with Crippen molar-refractivity contribution in [2.45, 2.75) is 13.8 Å². The van der Waals surface area contributed by atoms with E-state index < -0.39 is 0 Å². The highest BCUT2D eigenvalue weighted by Crippen LogP contribution is 2.19. The van der Waals surface area contributed by atoms with Crippen LogP contribution in [0.25, 0.3) is 0 Å². The molecule has 0 aliphatic rings. The summed E-state index contributed by atoms with van der Waals surface area (Å²) in [6, 6.07) is 0. The van der Waals surface area contributed by atoms with E-state index in [4.69, 9.17) is 9.84 Å². The molecule has 1 aromatic rings. The molecule has 0 saturated heterocycles. The minimum atomic E-state index is -0.0139. The van der Waals surface area contributed by atoms with Gasteiger partial charge in [0, 0.05) is 6.54 Å². The van der Waals surface area contributed by atoms with Crippen molar-refractivity contribution in [2.24, 2.45) is 0 Å². The lowest BCUT2D eigenvalue weighted by atomic mass is 10.3. The number of aliphatic hydroxyl groups excluding tert-OH is 1. The smallest absolute Gasteiger partial charge is 0.221 e. The zero-order chi connectivity index (χ0) is 10.4. The number of rotatable bonds is 5. The first-order chi connectivity index (χ1) is 6.79. The second kappa shape index (κ2) is 5.39. The van der Waals surface area contributed by atoms with Gasteiger partial charge in [-0.1, -0.05) is 0 Å². The second-order valence-electron chi connectivity index (χ2n) is 2.75. The third-order valence-electron chi connectivity index (χ3n) is 1.71. The highest BCUT2D eigenvalue weighted by molar-refractivity contribution is 5.47. The Balaban J connectivity index is 2.78. The van der Waals surface area contributed by atoms with E-state index in [0.717, 1.165) is 17.9 Å². The van der Waals surface area contributed by atoms with Crippen LogP contribution in [-0.2, 0) is 0 Å². The van der Waals surface area contributed by atoms with Gasteiger partial charge in [-0.05, 0) is 13.8 Å². The molecule has 14 heavy (non-hydrogen) atoms. The standard InChI is InChI=1S/C9H15N3O2/c1-3-10-8-7(2)9(12-6-11-8)14-5-4-13/h6,13H,3-5H2,1-2H3,(H,10,11,12). The molecule has 0 saturated carbocycles. The van der Waals surface area contributed by atoms with E-state index in [1.165, 1.54) is 6.33 Å². The van der Waals surface area contributed by atoms with Crippen LogP contribution in [0.2, 0.25) is 0 Å². The minimum Gasteiger partial charge on any atom is -0.475 e. The molecule has 5 heteroatoms. The Hall–Kier alpha value is -1.36. The maximum absolute atomic E-state index is 8.61. The molecule has 0 spiro atoms. The summed E-state index contributed by atoms with van der Waals surface area (Å²) in [4.78, 5) is 8.05. The number of aliphatic hydroxyl groups is 1. The van der Waals surface area contributed by atoms with Gasteiger partial charge in [-0.2, -0.15) is 0 Å². The molecule has 0 aliphatic carbocycles. The van der Waals surface area contributed by atoms with Crippen molar-refractivity contribution in [3.8, 4) is 5.88 Å². The summed E-state index contributed by atoms with van der Waals surface area (Å²) in [5, 5.41) is 11.7. The van der Waals surface area contributed by atoms with Crippen LogP contribution >= 0.6 is 0 Å². The van der Waals surface area contributed by atoms with Crippen molar-refractivity contribution in [3.05, 3.63) is 11.9 Å². The van der Waals surface area contributed by atoms with Crippen LogP contribution in [0.1, 0.15) is 12.5 Å². The predicted octanol–water partition coefficient (Wildman–Crippen LogP) is 0.588. The van der Waals surface area contributed by atoms with Crippen LogP contribution in [0.4, 0.5) is 5.82 Å². The maximum Gasteiger partial charge on any atom is 0.221 e. The first kappa shape index (κ1) is 10.7. The van der Waals surface area contributed by atoms with Crippen molar-refractivity contribution < 1.29 is 9.84 Å². The fraction of sp³-hybridized carbons (Fsp3) is 0.556. The van der Waals surface area contributed by atoms with Gasteiger partial charge in [0.25, 0.3) is 0 Å². The Labute approximate surface area is 83.2 Å². The fourth-order valence-electron chi connectivity index (χ4n) is 1.07. The number of ether oxygens (including phenoxy) is 1. The van der Waals surface area contributed by atoms with Gasteiger partial charge in [-0.25, -0.2) is 9.97 Å². The molecule has 1 rings (SSSR count). The lowest BCUT2D eigenvalue weighted by Gasteiger charge is -2.10. The number of nitrogens with zero attached hydrogens (tertiary/aromatic N) is 2. The molecular formula is C9H15N3O2. The lowest BCUT2D eigenvalue weighted by molar-refractivity contribution is 0.196. The summed E-state index contributed by atoms with van der Waals surface area (Å²) < 4.78 is 5.23. The quantitative estimate of drug-likeness (QED) is 0.723. The molecule has 0 bridgehead atoms. The Kier molecular flexibility index (Phi) is 4.12. The highest BCUT2D eigenvalue weighted by atomic mass is 16.5. The summed E-state index contributed by atoms with van der Waals surface area (Å²) in [5.41, 5.74) is 0.864. The van der Waals surface area contributed by atoms with E-state index in [1.54, 1.807) is 0 Å². The van der Waals surface area contributed by atoms with Crippen LogP contribution in [0, 0.1) is 6.92 Å². The number of nitrogens with one attached hydrogen (secondary N) is 1. The summed E-state index contributed by atoms with van der Waals surface area (Å²) in [5.74, 6) is 1.29. The molecule has 0 radical (unpaired) electrons. The van der Waals surface area contributed by atoms with Crippen LogP contribution in [-0.4, -0.2) is 34.8 Å². The largest absolute Gasteiger partial charge is 0.475 e. The van der Waals surface area contributed by atoms with Gasteiger partial charge < -0.3 is 15.2 Å². The zero-order valence-electron chi connectivity index (χ0n) is 8.45. The number of anilines is 1. The Morgan fingerprint density at radius 3 is 2.93 bits per heavy atom. The normalized spacial score (nSPS) is 9.93. The van der Waals surface area contributed by atoms with Gasteiger partial charge in [0.1, 0.15) is 18.8 Å². The Bertz CT molecular complexity index is 291. The first-order valence-electron chi connectivity index (χ1n) is 4.58. The molecule has 1 heterocycles. The van der Waals surface area contributed by atoms with Crippen molar-refractivity contribution >= 4 is 5.82 Å². The van der Waals surface area contributed by atoms with Crippen molar-refractivity contribution in [3.63, 3.8) is 0 Å². The lowest BCUT2D eigenvalue weighted by Crippen LogP contribution is -2.08. The van der Waals surface area contributed by atoms with Crippen molar-refractivity contribution in [1.29, 1.82) is 0 Å². The summed E-state index contributed by atoms with van der Waals surface area (Å²) in [6.07, 6.45) is 1.44. The molecule has 0 amide bonds.